The van der Waals surface area contributed by atoms with Crippen molar-refractivity contribution in [1.29, 1.82) is 15.8 Å². The second-order valence-electron chi connectivity index (χ2n) is 28.2. The van der Waals surface area contributed by atoms with Gasteiger partial charge in [-0.1, -0.05) is 138 Å². The van der Waals surface area contributed by atoms with Crippen LogP contribution in [-0.4, -0.2) is 91.1 Å². The van der Waals surface area contributed by atoms with E-state index in [2.05, 4.69) is 21.3 Å². The normalized spacial score (nSPS) is 10.7. The van der Waals surface area contributed by atoms with Crippen LogP contribution in [0.15, 0.2) is 255 Å². The number of nitrogens with one attached hydrogen (secondary N) is 4. The third-order valence-electron chi connectivity index (χ3n) is 18.4. The van der Waals surface area contributed by atoms with E-state index < -0.39 is 124 Å². The summed E-state index contributed by atoms with van der Waals surface area (Å²) in [6.45, 7) is 5.07. The molecule has 0 aromatic heterocycles. The zero-order valence-corrected chi connectivity index (χ0v) is 72.1. The second kappa shape index (κ2) is 46.9. The molecule has 0 saturated carbocycles. The first kappa shape index (κ1) is 106. The van der Waals surface area contributed by atoms with Crippen LogP contribution in [0, 0.1) is 46.7 Å². The highest BCUT2D eigenvalue weighted by Crippen LogP contribution is 2.39. The Bertz CT molecular complexity index is 6630. The molecule has 0 fully saturated rings. The molecule has 690 valence electrons. The number of amides is 4. The van der Waals surface area contributed by atoms with Gasteiger partial charge in [0.2, 0.25) is 0 Å². The van der Waals surface area contributed by atoms with Crippen LogP contribution in [0.25, 0.3) is 0 Å². The Kier molecular flexibility index (Phi) is 36.7. The molecule has 23 nitrogen and oxygen atoms in total. The Hall–Kier alpha value is -16.4. The van der Waals surface area contributed by atoms with Crippen LogP contribution in [0.4, 0.5) is 75.4 Å². The van der Waals surface area contributed by atoms with Gasteiger partial charge < -0.3 is 41.7 Å². The smallest absolute Gasteiger partial charge is 0.418 e. The lowest BCUT2D eigenvalue weighted by Crippen LogP contribution is -2.18. The lowest BCUT2D eigenvalue weighted by Gasteiger charge is -2.15. The summed E-state index contributed by atoms with van der Waals surface area (Å²) in [7, 11) is 0. The average molecular weight is 1920 g/mol. The Morgan fingerprint density at radius 2 is 0.667 bits per heavy atom. The Balaban J connectivity index is 0.000000221. The second-order valence-corrected chi connectivity index (χ2v) is 29.5. The van der Waals surface area contributed by atoms with E-state index in [1.807, 2.05) is 19.1 Å². The molecule has 8 N–H and O–H groups in total. The van der Waals surface area contributed by atoms with Crippen LogP contribution in [0.1, 0.15) is 201 Å². The van der Waals surface area contributed by atoms with Crippen molar-refractivity contribution in [2.75, 3.05) is 21.3 Å². The van der Waals surface area contributed by atoms with E-state index in [1.54, 1.807) is 78.9 Å². The zero-order chi connectivity index (χ0) is 100. The summed E-state index contributed by atoms with van der Waals surface area (Å²) >= 11 is 17.1. The number of carboxylic acids is 4. The number of ketones is 4. The standard InChI is InChI=1S/C17H10F3NO3.C16H11ClF3NO2.C16H10ClF3O3.C16H11ClN2O2.C16H12F3NO3.C16H12N2O3/c18-17(19,20)12-6-10(5-11(7-12)9-21)8-15(22)13-3-1-2-4-14(13)16(23)24;1-9(22)11-4-2-3-5-12(11)15(23)21-14-7-6-10(17)8-13(14)16(18,19)20;17-11-6-9(5-10(8-11)16(18,19)20)7-14(21)12-3-1-2-4-13(12)15(22)23;1-10(20)13-4-2-3-5-14(13)16(21)19-15-7-6-12(17)8-11(15)9-18;1-16(18,19)12-7-6-9(8-13(12)17)20-14(21)10-4-2-3-5-11(10)15(22)23;1-10-6-7-14(11(8-10)9-17)18-15(19)12-4-2-3-5-13(12)16(20)21/h1-7H,8H2,(H,23,24);2-8H,1H3,(H,21,23);1-6,8H,7H2,(H,22,23);2-8H,1H3,(H,19,21);2-8H,1H3,(H,20,21)(H,22,23);2-8H,1H3,(H,18,19)(H,20,21). The number of aryl methyl sites for hydroxylation is 1. The van der Waals surface area contributed by atoms with Crippen LogP contribution >= 0.6 is 34.8 Å². The third-order valence-corrected chi connectivity index (χ3v) is 19.1. The first-order chi connectivity index (χ1) is 63.3. The van der Waals surface area contributed by atoms with Crippen LogP contribution in [0.5, 0.6) is 0 Å². The van der Waals surface area contributed by atoms with Crippen molar-refractivity contribution < 1.29 is 131 Å². The zero-order valence-electron chi connectivity index (χ0n) is 69.9. The summed E-state index contributed by atoms with van der Waals surface area (Å²) in [6.07, 6.45) is -14.7. The molecule has 0 spiro atoms. The van der Waals surface area contributed by atoms with Gasteiger partial charge in [0, 0.05) is 62.8 Å². The molecular weight excluding hydrogens is 1850 g/mol. The number of benzene rings is 12. The minimum atomic E-state index is -4.67. The summed E-state index contributed by atoms with van der Waals surface area (Å²) < 4.78 is 156. The fourth-order valence-corrected chi connectivity index (χ4v) is 12.8. The molecule has 0 aliphatic carbocycles. The molecule has 135 heavy (non-hydrogen) atoms. The monoisotopic (exact) mass is 1920 g/mol. The van der Waals surface area contributed by atoms with Gasteiger partial charge in [0.1, 0.15) is 18.0 Å². The van der Waals surface area contributed by atoms with Crippen LogP contribution < -0.4 is 21.3 Å². The molecule has 0 radical (unpaired) electrons. The maximum absolute atomic E-state index is 13.7. The van der Waals surface area contributed by atoms with E-state index in [1.165, 1.54) is 141 Å². The highest BCUT2D eigenvalue weighted by Gasteiger charge is 2.37. The molecule has 0 unspecified atom stereocenters. The molecule has 0 bridgehead atoms. The van der Waals surface area contributed by atoms with Crippen LogP contribution in [0.2, 0.25) is 15.1 Å². The van der Waals surface area contributed by atoms with Gasteiger partial charge in [-0.25, -0.2) is 32.3 Å². The van der Waals surface area contributed by atoms with Gasteiger partial charge >= 0.3 is 42.4 Å². The summed E-state index contributed by atoms with van der Waals surface area (Å²) in [5.41, 5.74) is -2.51. The summed E-state index contributed by atoms with van der Waals surface area (Å²) in [4.78, 5) is 141. The third kappa shape index (κ3) is 30.3. The van der Waals surface area contributed by atoms with Crippen LogP contribution in [0.3, 0.4) is 0 Å². The Morgan fingerprint density at radius 3 is 1.04 bits per heavy atom. The van der Waals surface area contributed by atoms with E-state index in [4.69, 9.17) is 71.0 Å². The number of carboxylic acid groups (broad SMARTS) is 4. The maximum Gasteiger partial charge on any atom is 0.418 e. The number of hydrogen-bond donors (Lipinski definition) is 8. The molecule has 12 aromatic carbocycles. The van der Waals surface area contributed by atoms with Gasteiger partial charge in [-0.2, -0.15) is 55.3 Å². The van der Waals surface area contributed by atoms with E-state index in [0.717, 1.165) is 54.1 Å². The average Bonchev–Trinajstić information content (AvgIpc) is 0.815. The number of aromatic carboxylic acids is 4. The fourth-order valence-electron chi connectivity index (χ4n) is 12.2. The lowest BCUT2D eigenvalue weighted by molar-refractivity contribution is -0.138. The predicted octanol–water partition coefficient (Wildman–Crippen LogP) is 23.4. The molecular formula is C97H66Cl3F12N7O16. The molecule has 0 atom stereocenters. The fraction of sp³-hybridized carbons (Fsp3) is 0.103. The van der Waals surface area contributed by atoms with Crippen molar-refractivity contribution in [1.82, 2.24) is 0 Å². The number of nitriles is 3. The molecule has 0 aliphatic rings. The number of alkyl halides is 11. The molecule has 0 saturated heterocycles. The summed E-state index contributed by atoms with van der Waals surface area (Å²) in [6, 6.07) is 61.3. The quantitative estimate of drug-likeness (QED) is 0.0245. The van der Waals surface area contributed by atoms with Crippen molar-refractivity contribution >= 4 is 128 Å². The van der Waals surface area contributed by atoms with Gasteiger partial charge in [-0.15, -0.1) is 0 Å². The van der Waals surface area contributed by atoms with E-state index in [9.17, 15) is 110 Å². The summed E-state index contributed by atoms with van der Waals surface area (Å²) in [5.74, 6) is -13.9. The predicted molar refractivity (Wildman–Crippen MR) is 471 cm³/mol. The van der Waals surface area contributed by atoms with Gasteiger partial charge in [-0.3, -0.25) is 38.4 Å². The minimum absolute atomic E-state index is 0.00285. The number of carbonyl (C=O) groups excluding carboxylic acids is 8. The van der Waals surface area contributed by atoms with Crippen molar-refractivity contribution in [3.63, 3.8) is 0 Å². The van der Waals surface area contributed by atoms with Crippen LogP contribution in [-0.2, 0) is 37.3 Å². The lowest BCUT2D eigenvalue weighted by atomic mass is 9.96. The maximum atomic E-state index is 13.7. The number of rotatable bonds is 21. The molecule has 0 heterocycles. The van der Waals surface area contributed by atoms with Gasteiger partial charge in [0.15, 0.2) is 23.1 Å². The highest BCUT2D eigenvalue weighted by molar-refractivity contribution is 6.31. The van der Waals surface area contributed by atoms with E-state index in [-0.39, 0.29) is 117 Å². The number of nitrogens with zero attached hydrogens (tertiary/aromatic N) is 3. The molecule has 4 amide bonds. The number of halogens is 15. The van der Waals surface area contributed by atoms with E-state index in [0.29, 0.717) is 40.5 Å². The first-order valence-electron chi connectivity index (χ1n) is 38.4. The Morgan fingerprint density at radius 1 is 0.333 bits per heavy atom. The van der Waals surface area contributed by atoms with E-state index >= 15 is 0 Å². The molecule has 0 aliphatic heterocycles. The topological polar surface area (TPSA) is 405 Å². The Labute approximate surface area is 773 Å². The van der Waals surface area contributed by atoms with Crippen molar-refractivity contribution in [3.8, 4) is 18.2 Å². The molecule has 38 heteroatoms. The number of hydrogen-bond acceptors (Lipinski definition) is 15. The van der Waals surface area contributed by atoms with Gasteiger partial charge in [0.05, 0.1) is 107 Å². The van der Waals surface area contributed by atoms with Crippen molar-refractivity contribution in [2.45, 2.75) is 65.0 Å². The highest BCUT2D eigenvalue weighted by atomic mass is 35.5. The number of Topliss-reactive ketones (excluding diaryl/α,β-unsaturated/α-hetero) is 4. The molecule has 12 rings (SSSR count). The molecule has 12 aromatic rings. The largest absolute Gasteiger partial charge is 0.478 e. The summed E-state index contributed by atoms with van der Waals surface area (Å²) in [5, 5.41) is 73.0. The van der Waals surface area contributed by atoms with Crippen molar-refractivity contribution in [3.05, 3.63) is 398 Å². The van der Waals surface area contributed by atoms with Gasteiger partial charge in [0.25, 0.3) is 29.6 Å². The SMILES string of the molecule is CC(=O)c1ccccc1C(=O)Nc1ccc(Cl)cc1C#N.CC(=O)c1ccccc1C(=O)Nc1ccc(Cl)cc1C(F)(F)F.CC(F)(F)c1ccc(NC(=O)c2ccccc2C(=O)O)cc1F.Cc1ccc(NC(=O)c2ccccc2C(=O)O)c(C#N)c1.N#Cc1cc(CC(=O)c2ccccc2C(=O)O)cc(C(F)(F)F)c1.O=C(O)c1ccccc1C(=O)Cc1cc(Cl)cc(C(F)(F)F)c1. The van der Waals surface area contributed by atoms with Gasteiger partial charge in [-0.05, 0) is 189 Å². The minimum Gasteiger partial charge on any atom is -0.478 e. The number of anilines is 4. The number of carbonyl (C=O) groups is 12. The first-order valence-corrected chi connectivity index (χ1v) is 39.5. The van der Waals surface area contributed by atoms with Crippen molar-refractivity contribution in [2.24, 2.45) is 0 Å².